The van der Waals surface area contributed by atoms with E-state index in [0.29, 0.717) is 37.0 Å². The second-order valence-electron chi connectivity index (χ2n) is 7.11. The number of nitrogens with zero attached hydrogens (tertiary/aromatic N) is 1. The Hall–Kier alpha value is -1.02. The Kier molecular flexibility index (Phi) is 6.28. The molecule has 158 valence electrons. The number of rotatable bonds is 4. The molecule has 0 N–H and O–H groups in total. The van der Waals surface area contributed by atoms with Gasteiger partial charge in [-0.1, -0.05) is 58.5 Å². The summed E-state index contributed by atoms with van der Waals surface area (Å²) in [6.45, 7) is 0.153. The molecular formula is C20H15Cl4NO3S2. The van der Waals surface area contributed by atoms with Gasteiger partial charge in [-0.05, 0) is 36.2 Å². The van der Waals surface area contributed by atoms with Gasteiger partial charge in [-0.3, -0.25) is 4.79 Å². The molecule has 1 saturated heterocycles. The number of carbonyl (C=O) groups excluding carboxylic acids is 1. The Bertz CT molecular complexity index is 1260. The number of sulfone groups is 1. The molecule has 3 aromatic rings. The molecule has 0 radical (unpaired) electrons. The van der Waals surface area contributed by atoms with Crippen molar-refractivity contribution in [1.82, 2.24) is 4.90 Å². The first-order valence-corrected chi connectivity index (χ1v) is 13.1. The zero-order valence-electron chi connectivity index (χ0n) is 15.4. The van der Waals surface area contributed by atoms with Crippen LogP contribution < -0.4 is 0 Å². The van der Waals surface area contributed by atoms with Crippen LogP contribution in [0.2, 0.25) is 20.1 Å². The average Bonchev–Trinajstić information content (AvgIpc) is 3.19. The highest BCUT2D eigenvalue weighted by Gasteiger charge is 2.36. The van der Waals surface area contributed by atoms with Crippen LogP contribution in [-0.4, -0.2) is 36.8 Å². The van der Waals surface area contributed by atoms with Crippen LogP contribution in [0.4, 0.5) is 0 Å². The van der Waals surface area contributed by atoms with Crippen molar-refractivity contribution in [3.8, 4) is 0 Å². The van der Waals surface area contributed by atoms with E-state index in [1.807, 2.05) is 0 Å². The normalized spacial score (nSPS) is 18.1. The average molecular weight is 523 g/mol. The van der Waals surface area contributed by atoms with Crippen LogP contribution in [0, 0.1) is 0 Å². The van der Waals surface area contributed by atoms with Gasteiger partial charge in [0.05, 0.1) is 16.5 Å². The van der Waals surface area contributed by atoms with Crippen LogP contribution in [0.3, 0.4) is 0 Å². The molecule has 0 bridgehead atoms. The lowest BCUT2D eigenvalue weighted by Crippen LogP contribution is -2.40. The van der Waals surface area contributed by atoms with Crippen molar-refractivity contribution in [2.45, 2.75) is 19.0 Å². The lowest BCUT2D eigenvalue weighted by Gasteiger charge is -2.28. The van der Waals surface area contributed by atoms with Crippen molar-refractivity contribution in [2.24, 2.45) is 0 Å². The summed E-state index contributed by atoms with van der Waals surface area (Å²) < 4.78 is 25.0. The molecule has 2 aromatic carbocycles. The number of benzene rings is 2. The standard InChI is InChI=1S/C20H15Cl4NO3S2/c21-12-2-1-11(16(23)7-12)9-25(14-5-6-30(27,28)10-14)20(26)19-18(24)15-4-3-13(22)8-17(15)29-19/h1-4,7-8,14H,5-6,9-10H2. The molecule has 1 atom stereocenters. The molecule has 4 nitrogen and oxygen atoms in total. The predicted molar refractivity (Wildman–Crippen MR) is 125 cm³/mol. The molecule has 1 aliphatic heterocycles. The maximum Gasteiger partial charge on any atom is 0.266 e. The number of hydrogen-bond donors (Lipinski definition) is 0. The topological polar surface area (TPSA) is 54.5 Å². The van der Waals surface area contributed by atoms with Crippen molar-refractivity contribution >= 4 is 83.6 Å². The molecule has 1 aromatic heterocycles. The monoisotopic (exact) mass is 521 g/mol. The quantitative estimate of drug-likeness (QED) is 0.401. The molecule has 30 heavy (non-hydrogen) atoms. The molecule has 0 aliphatic carbocycles. The fourth-order valence-corrected chi connectivity index (χ4v) is 7.47. The molecule has 2 heterocycles. The summed E-state index contributed by atoms with van der Waals surface area (Å²) in [6, 6.07) is 9.80. The highest BCUT2D eigenvalue weighted by atomic mass is 35.5. The zero-order valence-corrected chi connectivity index (χ0v) is 20.0. The van der Waals surface area contributed by atoms with Gasteiger partial charge < -0.3 is 4.90 Å². The minimum atomic E-state index is -3.20. The number of thiophene rings is 1. The largest absolute Gasteiger partial charge is 0.329 e. The molecule has 0 saturated carbocycles. The molecule has 10 heteroatoms. The van der Waals surface area contributed by atoms with Crippen LogP contribution in [0.5, 0.6) is 0 Å². The Morgan fingerprint density at radius 1 is 1.07 bits per heavy atom. The Labute approximate surface area is 198 Å². The maximum atomic E-state index is 13.6. The van der Waals surface area contributed by atoms with Gasteiger partial charge in [0.25, 0.3) is 5.91 Å². The molecular weight excluding hydrogens is 508 g/mol. The molecule has 1 fully saturated rings. The first kappa shape index (κ1) is 22.2. The second kappa shape index (κ2) is 8.49. The third-order valence-corrected chi connectivity index (χ3v) is 9.27. The summed E-state index contributed by atoms with van der Waals surface area (Å²) in [6.07, 6.45) is 0.369. The van der Waals surface area contributed by atoms with Crippen molar-refractivity contribution in [3.63, 3.8) is 0 Å². The van der Waals surface area contributed by atoms with Gasteiger partial charge >= 0.3 is 0 Å². The van der Waals surface area contributed by atoms with Crippen molar-refractivity contribution < 1.29 is 13.2 Å². The highest BCUT2D eigenvalue weighted by Crippen LogP contribution is 2.38. The molecule has 1 amide bonds. The van der Waals surface area contributed by atoms with Crippen LogP contribution in [0.25, 0.3) is 10.1 Å². The van der Waals surface area contributed by atoms with Crippen LogP contribution in [0.15, 0.2) is 36.4 Å². The van der Waals surface area contributed by atoms with E-state index in [0.717, 1.165) is 10.1 Å². The second-order valence-corrected chi connectivity index (χ2v) is 12.1. The van der Waals surface area contributed by atoms with Gasteiger partial charge in [-0.25, -0.2) is 8.42 Å². The third kappa shape index (κ3) is 4.45. The fraction of sp³-hybridized carbons (Fsp3) is 0.250. The third-order valence-electron chi connectivity index (χ3n) is 5.05. The van der Waals surface area contributed by atoms with Gasteiger partial charge in [0.15, 0.2) is 9.84 Å². The first-order valence-electron chi connectivity index (χ1n) is 8.97. The van der Waals surface area contributed by atoms with E-state index in [9.17, 15) is 13.2 Å². The van der Waals surface area contributed by atoms with Crippen LogP contribution in [0.1, 0.15) is 21.7 Å². The Balaban J connectivity index is 1.75. The summed E-state index contributed by atoms with van der Waals surface area (Å²) in [5, 5.41) is 2.51. The SMILES string of the molecule is O=C(c1sc2cc(Cl)ccc2c1Cl)N(Cc1ccc(Cl)cc1Cl)C1CCS(=O)(=O)C1. The molecule has 1 aliphatic rings. The van der Waals surface area contributed by atoms with Crippen LogP contribution >= 0.6 is 57.7 Å². The molecule has 0 spiro atoms. The van der Waals surface area contributed by atoms with E-state index in [-0.39, 0.29) is 24.0 Å². The minimum Gasteiger partial charge on any atom is -0.329 e. The maximum absolute atomic E-state index is 13.6. The number of amides is 1. The van der Waals surface area contributed by atoms with E-state index in [2.05, 4.69) is 0 Å². The van der Waals surface area contributed by atoms with E-state index >= 15 is 0 Å². The number of carbonyl (C=O) groups is 1. The van der Waals surface area contributed by atoms with Crippen molar-refractivity contribution in [2.75, 3.05) is 11.5 Å². The summed E-state index contributed by atoms with van der Waals surface area (Å²) in [7, 11) is -3.20. The van der Waals surface area contributed by atoms with Crippen LogP contribution in [-0.2, 0) is 16.4 Å². The summed E-state index contributed by atoms with van der Waals surface area (Å²) >= 11 is 26.1. The van der Waals surface area contributed by atoms with Gasteiger partial charge in [-0.2, -0.15) is 0 Å². The first-order chi connectivity index (χ1) is 14.1. The predicted octanol–water partition coefficient (Wildman–Crippen LogP) is 6.34. The van der Waals surface area contributed by atoms with Gasteiger partial charge in [0, 0.05) is 37.7 Å². The Morgan fingerprint density at radius 3 is 2.43 bits per heavy atom. The van der Waals surface area contributed by atoms with E-state index < -0.39 is 15.9 Å². The highest BCUT2D eigenvalue weighted by molar-refractivity contribution is 7.91. The van der Waals surface area contributed by atoms with Crippen molar-refractivity contribution in [1.29, 1.82) is 0 Å². The lowest BCUT2D eigenvalue weighted by molar-refractivity contribution is 0.0686. The fourth-order valence-electron chi connectivity index (χ4n) is 3.53. The summed E-state index contributed by atoms with van der Waals surface area (Å²) in [5.41, 5.74) is 0.680. The van der Waals surface area contributed by atoms with Gasteiger partial charge in [-0.15, -0.1) is 11.3 Å². The number of hydrogen-bond acceptors (Lipinski definition) is 4. The lowest BCUT2D eigenvalue weighted by atomic mass is 10.1. The number of fused-ring (bicyclic) bond motifs is 1. The zero-order chi connectivity index (χ0) is 21.6. The van der Waals surface area contributed by atoms with E-state index in [1.165, 1.54) is 11.3 Å². The Morgan fingerprint density at radius 2 is 1.77 bits per heavy atom. The summed E-state index contributed by atoms with van der Waals surface area (Å²) in [4.78, 5) is 15.5. The molecule has 4 rings (SSSR count). The minimum absolute atomic E-state index is 0.0472. The summed E-state index contributed by atoms with van der Waals surface area (Å²) in [5.74, 6) is -0.366. The van der Waals surface area contributed by atoms with Gasteiger partial charge in [0.2, 0.25) is 0 Å². The smallest absolute Gasteiger partial charge is 0.266 e. The van der Waals surface area contributed by atoms with E-state index in [1.54, 1.807) is 41.3 Å². The van der Waals surface area contributed by atoms with Crippen molar-refractivity contribution in [3.05, 3.63) is 66.9 Å². The van der Waals surface area contributed by atoms with Gasteiger partial charge in [0.1, 0.15) is 4.88 Å². The number of halogens is 4. The molecule has 1 unspecified atom stereocenters. The van der Waals surface area contributed by atoms with E-state index in [4.69, 9.17) is 46.4 Å².